The van der Waals surface area contributed by atoms with Crippen LogP contribution in [0, 0.1) is 10.8 Å². The molecule has 2 fully saturated rings. The maximum Gasteiger partial charge on any atom is 0.0271 e. The summed E-state index contributed by atoms with van der Waals surface area (Å²) >= 11 is 0. The van der Waals surface area contributed by atoms with Crippen molar-refractivity contribution >= 4 is 0 Å². The number of likely N-dealkylation sites (tertiary alicyclic amines) is 1. The van der Waals surface area contributed by atoms with E-state index in [0.29, 0.717) is 16.9 Å². The zero-order valence-corrected chi connectivity index (χ0v) is 13.1. The first-order valence-electron chi connectivity index (χ1n) is 7.77. The Morgan fingerprint density at radius 2 is 1.78 bits per heavy atom. The van der Waals surface area contributed by atoms with Crippen LogP contribution < -0.4 is 5.32 Å². The van der Waals surface area contributed by atoms with Gasteiger partial charge in [-0.05, 0) is 50.1 Å². The summed E-state index contributed by atoms with van der Waals surface area (Å²) < 4.78 is 0. The van der Waals surface area contributed by atoms with Crippen LogP contribution in [0.25, 0.3) is 0 Å². The second kappa shape index (κ2) is 5.13. The van der Waals surface area contributed by atoms with Gasteiger partial charge in [-0.25, -0.2) is 0 Å². The average Bonchev–Trinajstić information content (AvgIpc) is 2.26. The van der Waals surface area contributed by atoms with Crippen molar-refractivity contribution in [3.63, 3.8) is 0 Å². The lowest BCUT2D eigenvalue weighted by Gasteiger charge is -2.51. The van der Waals surface area contributed by atoms with Gasteiger partial charge >= 0.3 is 0 Å². The van der Waals surface area contributed by atoms with E-state index in [1.54, 1.807) is 0 Å². The van der Waals surface area contributed by atoms with Crippen molar-refractivity contribution in [2.45, 2.75) is 71.9 Å². The number of hydrogen-bond acceptors (Lipinski definition) is 2. The topological polar surface area (TPSA) is 15.3 Å². The van der Waals surface area contributed by atoms with Crippen LogP contribution in [0.15, 0.2) is 0 Å². The summed E-state index contributed by atoms with van der Waals surface area (Å²) in [5.74, 6) is 0. The molecule has 1 saturated heterocycles. The van der Waals surface area contributed by atoms with Crippen molar-refractivity contribution < 1.29 is 0 Å². The highest BCUT2D eigenvalue weighted by Gasteiger charge is 2.42. The zero-order valence-electron chi connectivity index (χ0n) is 13.1. The highest BCUT2D eigenvalue weighted by molar-refractivity contribution is 4.99. The van der Waals surface area contributed by atoms with Gasteiger partial charge in [0.2, 0.25) is 0 Å². The molecule has 0 aromatic carbocycles. The molecule has 2 nitrogen and oxygen atoms in total. The number of likely N-dealkylation sites (N-methyl/N-ethyl adjacent to an activating group) is 1. The van der Waals surface area contributed by atoms with Gasteiger partial charge in [0.05, 0.1) is 0 Å². The molecule has 1 aliphatic heterocycles. The van der Waals surface area contributed by atoms with Crippen molar-refractivity contribution in [2.24, 2.45) is 10.8 Å². The molecular weight excluding hydrogens is 220 g/mol. The molecule has 1 heterocycles. The molecule has 0 radical (unpaired) electrons. The Labute approximate surface area is 114 Å². The van der Waals surface area contributed by atoms with Crippen molar-refractivity contribution in [3.05, 3.63) is 0 Å². The molecule has 0 aromatic heterocycles. The van der Waals surface area contributed by atoms with Gasteiger partial charge in [-0.15, -0.1) is 0 Å². The predicted molar refractivity (Wildman–Crippen MR) is 78.9 cm³/mol. The Bertz CT molecular complexity index is 283. The van der Waals surface area contributed by atoms with Gasteiger partial charge in [0.25, 0.3) is 0 Å². The molecule has 2 atom stereocenters. The third-order valence-corrected chi connectivity index (χ3v) is 5.26. The van der Waals surface area contributed by atoms with E-state index in [-0.39, 0.29) is 0 Å². The zero-order chi connectivity index (χ0) is 13.4. The molecule has 106 valence electrons. The lowest BCUT2D eigenvalue weighted by molar-refractivity contribution is 0.00817. The Morgan fingerprint density at radius 1 is 1.06 bits per heavy atom. The Kier molecular flexibility index (Phi) is 4.08. The molecule has 18 heavy (non-hydrogen) atoms. The fourth-order valence-electron chi connectivity index (χ4n) is 4.34. The summed E-state index contributed by atoms with van der Waals surface area (Å²) in [5.41, 5.74) is 0.956. The molecular formula is C16H32N2. The summed E-state index contributed by atoms with van der Waals surface area (Å²) in [6.07, 6.45) is 6.91. The second-order valence-electron chi connectivity index (χ2n) is 7.95. The minimum Gasteiger partial charge on any atom is -0.315 e. The van der Waals surface area contributed by atoms with E-state index in [2.05, 4.69) is 45.0 Å². The monoisotopic (exact) mass is 252 g/mol. The van der Waals surface area contributed by atoms with Crippen LogP contribution in [-0.2, 0) is 0 Å². The summed E-state index contributed by atoms with van der Waals surface area (Å²) in [5, 5.41) is 3.63. The van der Waals surface area contributed by atoms with Gasteiger partial charge in [0, 0.05) is 18.6 Å². The highest BCUT2D eigenvalue weighted by Crippen LogP contribution is 2.40. The van der Waals surface area contributed by atoms with E-state index in [9.17, 15) is 0 Å². The number of hydrogen-bond donors (Lipinski definition) is 1. The van der Waals surface area contributed by atoms with Crippen molar-refractivity contribution in [1.82, 2.24) is 10.2 Å². The van der Waals surface area contributed by atoms with E-state index in [4.69, 9.17) is 0 Å². The fraction of sp³-hybridized carbons (Fsp3) is 1.00. The van der Waals surface area contributed by atoms with Crippen LogP contribution in [0.2, 0.25) is 0 Å². The lowest BCUT2D eigenvalue weighted by atomic mass is 9.69. The molecule has 2 aliphatic rings. The number of rotatable bonds is 2. The minimum absolute atomic E-state index is 0.444. The third kappa shape index (κ3) is 2.91. The van der Waals surface area contributed by atoms with Crippen LogP contribution in [0.3, 0.4) is 0 Å². The molecule has 0 bridgehead atoms. The van der Waals surface area contributed by atoms with E-state index in [1.807, 2.05) is 0 Å². The normalized spacial score (nSPS) is 36.5. The lowest BCUT2D eigenvalue weighted by Crippen LogP contribution is -2.60. The number of piperidine rings is 1. The van der Waals surface area contributed by atoms with E-state index < -0.39 is 0 Å². The summed E-state index contributed by atoms with van der Waals surface area (Å²) in [7, 11) is 2.15. The van der Waals surface area contributed by atoms with Crippen LogP contribution in [0.4, 0.5) is 0 Å². The number of nitrogens with zero attached hydrogens (tertiary/aromatic N) is 1. The minimum atomic E-state index is 0.444. The maximum atomic E-state index is 3.63. The van der Waals surface area contributed by atoms with Gasteiger partial charge in [-0.2, -0.15) is 0 Å². The first-order valence-corrected chi connectivity index (χ1v) is 7.77. The molecule has 0 aromatic rings. The predicted octanol–water partition coefficient (Wildman–Crippen LogP) is 3.28. The first-order chi connectivity index (χ1) is 8.36. The molecule has 0 spiro atoms. The smallest absolute Gasteiger partial charge is 0.0271 e. The van der Waals surface area contributed by atoms with Gasteiger partial charge < -0.3 is 5.32 Å². The summed E-state index contributed by atoms with van der Waals surface area (Å²) in [4.78, 5) is 2.78. The number of nitrogens with one attached hydrogen (secondary N) is 1. The standard InChI is InChI=1S/C16H32N2/c1-15(2)9-7-11-18(12-15)13-8-6-10-16(3,4)14(13)17-5/h13-14,17H,6-12H2,1-5H3. The Hall–Kier alpha value is -0.0800. The quantitative estimate of drug-likeness (QED) is 0.811. The molecule has 2 unspecified atom stereocenters. The molecule has 2 heteroatoms. The maximum absolute atomic E-state index is 3.63. The largest absolute Gasteiger partial charge is 0.315 e. The van der Waals surface area contributed by atoms with E-state index in [0.717, 1.165) is 6.04 Å². The van der Waals surface area contributed by atoms with Gasteiger partial charge in [0.15, 0.2) is 0 Å². The molecule has 2 rings (SSSR count). The van der Waals surface area contributed by atoms with Crippen LogP contribution >= 0.6 is 0 Å². The molecule has 0 amide bonds. The van der Waals surface area contributed by atoms with Gasteiger partial charge in [-0.1, -0.05) is 34.1 Å². The van der Waals surface area contributed by atoms with Gasteiger partial charge in [0.1, 0.15) is 0 Å². The van der Waals surface area contributed by atoms with E-state index in [1.165, 1.54) is 45.2 Å². The molecule has 1 N–H and O–H groups in total. The van der Waals surface area contributed by atoms with Crippen LogP contribution in [0.5, 0.6) is 0 Å². The molecule has 1 aliphatic carbocycles. The highest BCUT2D eigenvalue weighted by atomic mass is 15.2. The average molecular weight is 252 g/mol. The fourth-order valence-corrected chi connectivity index (χ4v) is 4.34. The van der Waals surface area contributed by atoms with Gasteiger partial charge in [-0.3, -0.25) is 4.90 Å². The van der Waals surface area contributed by atoms with Crippen LogP contribution in [-0.4, -0.2) is 37.1 Å². The van der Waals surface area contributed by atoms with Crippen molar-refractivity contribution in [3.8, 4) is 0 Å². The Balaban J connectivity index is 2.10. The third-order valence-electron chi connectivity index (χ3n) is 5.26. The second-order valence-corrected chi connectivity index (χ2v) is 7.95. The van der Waals surface area contributed by atoms with Crippen LogP contribution in [0.1, 0.15) is 59.8 Å². The van der Waals surface area contributed by atoms with E-state index >= 15 is 0 Å². The van der Waals surface area contributed by atoms with Crippen molar-refractivity contribution in [1.29, 1.82) is 0 Å². The van der Waals surface area contributed by atoms with Crippen molar-refractivity contribution in [2.75, 3.05) is 20.1 Å². The summed E-state index contributed by atoms with van der Waals surface area (Å²) in [6, 6.07) is 1.40. The Morgan fingerprint density at radius 3 is 2.39 bits per heavy atom. The summed E-state index contributed by atoms with van der Waals surface area (Å²) in [6.45, 7) is 12.3. The SMILES string of the molecule is CNC1C(N2CCCC(C)(C)C2)CCCC1(C)C. The molecule has 1 saturated carbocycles. The first kappa shape index (κ1) is 14.3.